The fraction of sp³-hybridized carbons (Fsp3) is 0.444. The number of nitrogens with zero attached hydrogens (tertiary/aromatic N) is 2. The molecule has 1 aliphatic carbocycles. The molecule has 33 heavy (non-hydrogen) atoms. The van der Waals surface area contributed by atoms with Gasteiger partial charge in [-0.3, -0.25) is 9.69 Å². The van der Waals surface area contributed by atoms with Crippen LogP contribution in [0.25, 0.3) is 10.9 Å². The Morgan fingerprint density at radius 3 is 2.55 bits per heavy atom. The molecular formula is C27H34N4O2. The Morgan fingerprint density at radius 2 is 1.85 bits per heavy atom. The molecule has 1 aromatic heterocycles. The smallest absolute Gasteiger partial charge is 0.237 e. The number of ether oxygens (including phenoxy) is 1. The molecule has 2 aliphatic rings. The number of morpholine rings is 1. The summed E-state index contributed by atoms with van der Waals surface area (Å²) in [7, 11) is 4.10. The maximum absolute atomic E-state index is 13.4. The van der Waals surface area contributed by atoms with Crippen molar-refractivity contribution < 1.29 is 9.53 Å². The van der Waals surface area contributed by atoms with E-state index in [0.29, 0.717) is 25.7 Å². The number of benzene rings is 2. The molecule has 1 aliphatic heterocycles. The van der Waals surface area contributed by atoms with Crippen LogP contribution in [0.1, 0.15) is 29.9 Å². The van der Waals surface area contributed by atoms with Crippen LogP contribution in [-0.4, -0.2) is 68.8 Å². The third-order valence-electron chi connectivity index (χ3n) is 7.07. The minimum atomic E-state index is -0.0337. The molecule has 2 fully saturated rings. The van der Waals surface area contributed by atoms with Gasteiger partial charge in [-0.25, -0.2) is 0 Å². The summed E-state index contributed by atoms with van der Waals surface area (Å²) in [5, 5.41) is 4.55. The van der Waals surface area contributed by atoms with Gasteiger partial charge in [0.2, 0.25) is 5.91 Å². The van der Waals surface area contributed by atoms with E-state index >= 15 is 0 Å². The molecule has 3 aromatic rings. The highest BCUT2D eigenvalue weighted by atomic mass is 16.5. The molecule has 0 unspecified atom stereocenters. The number of aromatic nitrogens is 1. The van der Waals surface area contributed by atoms with Crippen LogP contribution in [0.4, 0.5) is 5.69 Å². The number of nitrogens with one attached hydrogen (secondary N) is 2. The van der Waals surface area contributed by atoms with Crippen LogP contribution in [-0.2, 0) is 9.53 Å². The first kappa shape index (κ1) is 22.0. The summed E-state index contributed by atoms with van der Waals surface area (Å²) < 4.78 is 5.52. The van der Waals surface area contributed by atoms with Gasteiger partial charge in [0.15, 0.2) is 0 Å². The van der Waals surface area contributed by atoms with Crippen molar-refractivity contribution in [2.75, 3.05) is 51.8 Å². The van der Waals surface area contributed by atoms with E-state index < -0.39 is 0 Å². The van der Waals surface area contributed by atoms with Crippen molar-refractivity contribution >= 4 is 22.5 Å². The second kappa shape index (κ2) is 9.57. The molecule has 6 nitrogen and oxygen atoms in total. The Balaban J connectivity index is 1.40. The van der Waals surface area contributed by atoms with Crippen LogP contribution >= 0.6 is 0 Å². The molecule has 5 rings (SSSR count). The molecular weight excluding hydrogens is 412 g/mol. The number of carbonyl (C=O) groups is 1. The zero-order valence-corrected chi connectivity index (χ0v) is 19.6. The van der Waals surface area contributed by atoms with Crippen LogP contribution < -0.4 is 10.2 Å². The van der Waals surface area contributed by atoms with Crippen LogP contribution in [0.5, 0.6) is 0 Å². The fourth-order valence-corrected chi connectivity index (χ4v) is 5.05. The van der Waals surface area contributed by atoms with Gasteiger partial charge in [-0.1, -0.05) is 30.3 Å². The molecule has 0 bridgehead atoms. The van der Waals surface area contributed by atoms with Crippen LogP contribution in [0.15, 0.2) is 54.7 Å². The first-order valence-corrected chi connectivity index (χ1v) is 12.0. The van der Waals surface area contributed by atoms with Crippen molar-refractivity contribution in [3.05, 3.63) is 65.9 Å². The van der Waals surface area contributed by atoms with Crippen molar-refractivity contribution in [1.82, 2.24) is 15.2 Å². The van der Waals surface area contributed by atoms with Gasteiger partial charge in [-0.05, 0) is 48.1 Å². The van der Waals surface area contributed by atoms with Crippen LogP contribution in [0.2, 0.25) is 0 Å². The molecule has 2 N–H and O–H groups in total. The highest BCUT2D eigenvalue weighted by molar-refractivity contribution is 5.85. The number of H-pyrrole nitrogens is 1. The summed E-state index contributed by atoms with van der Waals surface area (Å²) in [6, 6.07) is 17.0. The SMILES string of the molecule is CN(C)c1ccc([C@@H](CNC(=O)[C@@H](C2CC2)N2CCOCC2)c2c[nH]c3ccccc23)cc1. The number of amides is 1. The van der Waals surface area contributed by atoms with Crippen LogP contribution in [0, 0.1) is 5.92 Å². The van der Waals surface area contributed by atoms with E-state index in [4.69, 9.17) is 4.74 Å². The maximum Gasteiger partial charge on any atom is 0.237 e. The predicted octanol–water partition coefficient (Wildman–Crippen LogP) is 3.59. The Hall–Kier alpha value is -2.83. The second-order valence-corrected chi connectivity index (χ2v) is 9.50. The van der Waals surface area contributed by atoms with Crippen molar-refractivity contribution in [2.24, 2.45) is 5.92 Å². The third kappa shape index (κ3) is 4.77. The number of carbonyl (C=O) groups excluding carboxylic acids is 1. The zero-order valence-electron chi connectivity index (χ0n) is 19.6. The minimum absolute atomic E-state index is 0.0337. The quantitative estimate of drug-likeness (QED) is 0.555. The number of hydrogen-bond donors (Lipinski definition) is 2. The van der Waals surface area contributed by atoms with Crippen molar-refractivity contribution in [2.45, 2.75) is 24.8 Å². The summed E-state index contributed by atoms with van der Waals surface area (Å²) in [4.78, 5) is 21.3. The minimum Gasteiger partial charge on any atom is -0.379 e. The molecule has 0 radical (unpaired) electrons. The second-order valence-electron chi connectivity index (χ2n) is 9.50. The zero-order chi connectivity index (χ0) is 22.8. The number of fused-ring (bicyclic) bond motifs is 1. The molecule has 2 atom stereocenters. The Morgan fingerprint density at radius 1 is 1.12 bits per heavy atom. The standard InChI is InChI=1S/C27H34N4O2/c1-30(2)21-11-9-19(10-12-21)23(24-18-28-25-6-4-3-5-22(24)25)17-29-27(32)26(20-7-8-20)31-13-15-33-16-14-31/h3-6,9-12,18,20,23,26,28H,7-8,13-17H2,1-2H3,(H,29,32)/t23-,26-/m1/s1. The van der Waals surface area contributed by atoms with Gasteiger partial charge in [0.1, 0.15) is 0 Å². The monoisotopic (exact) mass is 446 g/mol. The molecule has 1 amide bonds. The molecule has 1 saturated heterocycles. The van der Waals surface area contributed by atoms with Crippen LogP contribution in [0.3, 0.4) is 0 Å². The van der Waals surface area contributed by atoms with E-state index in [2.05, 4.69) is 82.9 Å². The Kier molecular flexibility index (Phi) is 6.38. The summed E-state index contributed by atoms with van der Waals surface area (Å²) in [5.41, 5.74) is 4.72. The number of rotatable bonds is 8. The molecule has 2 heterocycles. The lowest BCUT2D eigenvalue weighted by Gasteiger charge is -2.34. The van der Waals surface area contributed by atoms with Gasteiger partial charge in [-0.2, -0.15) is 0 Å². The van der Waals surface area contributed by atoms with E-state index in [0.717, 1.165) is 31.4 Å². The molecule has 2 aromatic carbocycles. The first-order chi connectivity index (χ1) is 16.1. The summed E-state index contributed by atoms with van der Waals surface area (Å²) in [6.45, 7) is 3.69. The Bertz CT molecular complexity index is 1080. The summed E-state index contributed by atoms with van der Waals surface area (Å²) in [6.07, 6.45) is 4.39. The average molecular weight is 447 g/mol. The first-order valence-electron chi connectivity index (χ1n) is 12.0. The highest BCUT2D eigenvalue weighted by Crippen LogP contribution is 2.36. The average Bonchev–Trinajstić information content (AvgIpc) is 3.59. The van der Waals surface area contributed by atoms with E-state index in [1.165, 1.54) is 22.2 Å². The van der Waals surface area contributed by atoms with Gasteiger partial charge in [0.05, 0.1) is 19.3 Å². The maximum atomic E-state index is 13.4. The molecule has 174 valence electrons. The fourth-order valence-electron chi connectivity index (χ4n) is 5.05. The highest BCUT2D eigenvalue weighted by Gasteiger charge is 2.40. The summed E-state index contributed by atoms with van der Waals surface area (Å²) in [5.74, 6) is 0.717. The van der Waals surface area contributed by atoms with Crippen molar-refractivity contribution in [1.29, 1.82) is 0 Å². The molecule has 6 heteroatoms. The topological polar surface area (TPSA) is 60.6 Å². The largest absolute Gasteiger partial charge is 0.379 e. The van der Waals surface area contributed by atoms with E-state index in [1.54, 1.807) is 0 Å². The van der Waals surface area contributed by atoms with Gasteiger partial charge >= 0.3 is 0 Å². The number of aromatic amines is 1. The van der Waals surface area contributed by atoms with E-state index in [-0.39, 0.29) is 17.9 Å². The van der Waals surface area contributed by atoms with E-state index in [9.17, 15) is 4.79 Å². The van der Waals surface area contributed by atoms with Crippen molar-refractivity contribution in [3.8, 4) is 0 Å². The Labute approximate surface area is 195 Å². The predicted molar refractivity (Wildman–Crippen MR) is 133 cm³/mol. The summed E-state index contributed by atoms with van der Waals surface area (Å²) >= 11 is 0. The van der Waals surface area contributed by atoms with Crippen molar-refractivity contribution in [3.63, 3.8) is 0 Å². The van der Waals surface area contributed by atoms with Gasteiger partial charge in [0.25, 0.3) is 0 Å². The van der Waals surface area contributed by atoms with Gasteiger partial charge in [0, 0.05) is 62.4 Å². The molecule has 1 saturated carbocycles. The van der Waals surface area contributed by atoms with Gasteiger partial charge < -0.3 is 19.9 Å². The van der Waals surface area contributed by atoms with E-state index in [1.807, 2.05) is 6.07 Å². The molecule has 0 spiro atoms. The normalized spacial score (nSPS) is 18.7. The van der Waals surface area contributed by atoms with Gasteiger partial charge in [-0.15, -0.1) is 0 Å². The lowest BCUT2D eigenvalue weighted by molar-refractivity contribution is -0.129. The number of anilines is 1. The lowest BCUT2D eigenvalue weighted by atomic mass is 9.90. The number of hydrogen-bond acceptors (Lipinski definition) is 4. The third-order valence-corrected chi connectivity index (χ3v) is 7.07. The number of para-hydroxylation sites is 1. The lowest BCUT2D eigenvalue weighted by Crippen LogP contribution is -2.52.